The van der Waals surface area contributed by atoms with Crippen LogP contribution in [0.1, 0.15) is 26.8 Å². The lowest BCUT2D eigenvalue weighted by Crippen LogP contribution is -2.35. The summed E-state index contributed by atoms with van der Waals surface area (Å²) in [6, 6.07) is 13.6. The maximum atomic E-state index is 13.3. The van der Waals surface area contributed by atoms with Gasteiger partial charge in [0.1, 0.15) is 12.4 Å². The van der Waals surface area contributed by atoms with Crippen LogP contribution in [0.5, 0.6) is 11.5 Å². The van der Waals surface area contributed by atoms with E-state index in [1.165, 1.54) is 29.5 Å². The Labute approximate surface area is 192 Å². The molecular formula is C23H19FN2O6S. The maximum Gasteiger partial charge on any atom is 0.325 e. The van der Waals surface area contributed by atoms with Crippen LogP contribution < -0.4 is 20.1 Å². The third-order valence-electron chi connectivity index (χ3n) is 4.73. The molecule has 0 radical (unpaired) electrons. The Morgan fingerprint density at radius 2 is 1.85 bits per heavy atom. The molecule has 0 aliphatic carbocycles. The van der Waals surface area contributed by atoms with Crippen LogP contribution in [-0.4, -0.2) is 37.7 Å². The number of hydrogen-bond acceptors (Lipinski definition) is 7. The molecule has 0 bridgehead atoms. The summed E-state index contributed by atoms with van der Waals surface area (Å²) in [5, 5.41) is 7.08. The van der Waals surface area contributed by atoms with Crippen molar-refractivity contribution in [3.63, 3.8) is 0 Å². The molecule has 2 N–H and O–H groups in total. The number of esters is 1. The highest BCUT2D eigenvalue weighted by atomic mass is 32.1. The Morgan fingerprint density at radius 3 is 2.61 bits per heavy atom. The normalized spacial score (nSPS) is 12.6. The van der Waals surface area contributed by atoms with Gasteiger partial charge in [0.2, 0.25) is 6.79 Å². The van der Waals surface area contributed by atoms with Crippen LogP contribution in [0.2, 0.25) is 0 Å². The van der Waals surface area contributed by atoms with Crippen molar-refractivity contribution < 1.29 is 33.0 Å². The van der Waals surface area contributed by atoms with Gasteiger partial charge in [0.05, 0.1) is 6.04 Å². The summed E-state index contributed by atoms with van der Waals surface area (Å²) in [4.78, 5) is 37.5. The van der Waals surface area contributed by atoms with Gasteiger partial charge in [-0.15, -0.1) is 11.3 Å². The zero-order valence-corrected chi connectivity index (χ0v) is 18.0. The first-order valence-corrected chi connectivity index (χ1v) is 10.8. The summed E-state index contributed by atoms with van der Waals surface area (Å²) < 4.78 is 28.7. The summed E-state index contributed by atoms with van der Waals surface area (Å²) >= 11 is 1.43. The number of fused-ring (bicyclic) bond motifs is 1. The molecule has 0 saturated heterocycles. The van der Waals surface area contributed by atoms with Gasteiger partial charge in [0.15, 0.2) is 18.1 Å². The lowest BCUT2D eigenvalue weighted by Gasteiger charge is -2.18. The molecule has 1 atom stereocenters. The number of ether oxygens (including phenoxy) is 3. The van der Waals surface area contributed by atoms with E-state index in [1.807, 2.05) is 17.5 Å². The van der Waals surface area contributed by atoms with Crippen LogP contribution in [0.25, 0.3) is 0 Å². The monoisotopic (exact) mass is 470 g/mol. The van der Waals surface area contributed by atoms with Gasteiger partial charge in [-0.2, -0.15) is 0 Å². The van der Waals surface area contributed by atoms with Crippen molar-refractivity contribution in [2.24, 2.45) is 0 Å². The molecule has 0 spiro atoms. The fraction of sp³-hybridized carbons (Fsp3) is 0.174. The van der Waals surface area contributed by atoms with Crippen molar-refractivity contribution in [2.45, 2.75) is 6.04 Å². The molecular weight excluding hydrogens is 451 g/mol. The average molecular weight is 470 g/mol. The highest BCUT2D eigenvalue weighted by Gasteiger charge is 2.20. The van der Waals surface area contributed by atoms with Gasteiger partial charge in [-0.05, 0) is 47.3 Å². The smallest absolute Gasteiger partial charge is 0.325 e. The molecule has 2 heterocycles. The lowest BCUT2D eigenvalue weighted by atomic mass is 10.1. The quantitative estimate of drug-likeness (QED) is 0.491. The molecule has 0 fully saturated rings. The zero-order valence-electron chi connectivity index (χ0n) is 17.2. The molecule has 2 amide bonds. The summed E-state index contributed by atoms with van der Waals surface area (Å²) in [5.41, 5.74) is 0.984. The second-order valence-electron chi connectivity index (χ2n) is 6.98. The van der Waals surface area contributed by atoms with Crippen molar-refractivity contribution in [3.8, 4) is 11.5 Å². The second kappa shape index (κ2) is 10.1. The van der Waals surface area contributed by atoms with Crippen LogP contribution in [0, 0.1) is 5.82 Å². The molecule has 0 saturated carbocycles. The maximum absolute atomic E-state index is 13.3. The molecule has 3 aromatic rings. The van der Waals surface area contributed by atoms with Crippen molar-refractivity contribution in [3.05, 3.63) is 81.8 Å². The predicted molar refractivity (Wildman–Crippen MR) is 117 cm³/mol. The van der Waals surface area contributed by atoms with E-state index >= 15 is 0 Å². The van der Waals surface area contributed by atoms with Crippen molar-refractivity contribution in [2.75, 3.05) is 19.9 Å². The van der Waals surface area contributed by atoms with Crippen molar-refractivity contribution >= 4 is 29.1 Å². The molecule has 1 unspecified atom stereocenters. The Bertz CT molecular complexity index is 1150. The van der Waals surface area contributed by atoms with Crippen LogP contribution in [-0.2, 0) is 14.3 Å². The van der Waals surface area contributed by atoms with E-state index in [9.17, 15) is 18.8 Å². The molecule has 4 rings (SSSR count). The first-order valence-electron chi connectivity index (χ1n) is 9.91. The highest BCUT2D eigenvalue weighted by molar-refractivity contribution is 7.10. The summed E-state index contributed by atoms with van der Waals surface area (Å²) in [6.07, 6.45) is 0. The minimum atomic E-state index is -0.770. The average Bonchev–Trinajstić information content (AvgIpc) is 3.52. The Kier molecular flexibility index (Phi) is 6.84. The fourth-order valence-corrected chi connectivity index (χ4v) is 3.92. The van der Waals surface area contributed by atoms with E-state index in [-0.39, 0.29) is 12.6 Å². The Hall–Kier alpha value is -3.92. The predicted octanol–water partition coefficient (Wildman–Crippen LogP) is 2.79. The van der Waals surface area contributed by atoms with Crippen LogP contribution in [0.15, 0.2) is 60.0 Å². The third-order valence-corrected chi connectivity index (χ3v) is 5.67. The first-order chi connectivity index (χ1) is 16.0. The molecule has 10 heteroatoms. The van der Waals surface area contributed by atoms with Gasteiger partial charge >= 0.3 is 5.97 Å². The number of rotatable bonds is 8. The molecule has 33 heavy (non-hydrogen) atoms. The first kappa shape index (κ1) is 22.3. The number of amides is 2. The molecule has 1 aliphatic rings. The van der Waals surface area contributed by atoms with Gasteiger partial charge in [-0.1, -0.05) is 18.2 Å². The molecule has 1 aromatic heterocycles. The number of carbonyl (C=O) groups is 3. The van der Waals surface area contributed by atoms with Gasteiger partial charge in [-0.25, -0.2) is 4.39 Å². The number of carbonyl (C=O) groups excluding carboxylic acids is 3. The van der Waals surface area contributed by atoms with Crippen LogP contribution >= 0.6 is 11.3 Å². The molecule has 2 aromatic carbocycles. The zero-order chi connectivity index (χ0) is 23.2. The van der Waals surface area contributed by atoms with Crippen LogP contribution in [0.4, 0.5) is 4.39 Å². The van der Waals surface area contributed by atoms with E-state index in [0.29, 0.717) is 22.6 Å². The second-order valence-corrected chi connectivity index (χ2v) is 7.96. The minimum Gasteiger partial charge on any atom is -0.454 e. The van der Waals surface area contributed by atoms with Gasteiger partial charge in [-0.3, -0.25) is 14.4 Å². The largest absolute Gasteiger partial charge is 0.454 e. The fourth-order valence-electron chi connectivity index (χ4n) is 3.12. The third kappa shape index (κ3) is 5.66. The molecule has 170 valence electrons. The summed E-state index contributed by atoms with van der Waals surface area (Å²) in [6.45, 7) is -0.849. The Balaban J connectivity index is 1.27. The van der Waals surface area contributed by atoms with Crippen LogP contribution in [0.3, 0.4) is 0 Å². The SMILES string of the molecule is O=C(COC(=O)CNC(=O)c1ccc2c(c1)OCO2)NC(c1ccc(F)cc1)c1cccs1. The van der Waals surface area contributed by atoms with E-state index < -0.39 is 37.0 Å². The minimum absolute atomic E-state index is 0.0866. The van der Waals surface area contributed by atoms with Crippen molar-refractivity contribution in [1.82, 2.24) is 10.6 Å². The number of nitrogens with one attached hydrogen (secondary N) is 2. The number of benzene rings is 2. The summed E-state index contributed by atoms with van der Waals surface area (Å²) in [5.74, 6) is -1.20. The van der Waals surface area contributed by atoms with E-state index in [0.717, 1.165) is 4.88 Å². The summed E-state index contributed by atoms with van der Waals surface area (Å²) in [7, 11) is 0. The topological polar surface area (TPSA) is 103 Å². The number of hydrogen-bond donors (Lipinski definition) is 2. The standard InChI is InChI=1S/C23H19FN2O6S/c24-16-6-3-14(4-7-16)22(19-2-1-9-33-19)26-20(27)12-30-21(28)11-25-23(29)15-5-8-17-18(10-15)32-13-31-17/h1-10,22H,11-13H2,(H,25,29)(H,26,27). The van der Waals surface area contributed by atoms with E-state index in [4.69, 9.17) is 14.2 Å². The lowest BCUT2D eigenvalue weighted by molar-refractivity contribution is -0.147. The van der Waals surface area contributed by atoms with E-state index in [2.05, 4.69) is 10.6 Å². The van der Waals surface area contributed by atoms with Crippen molar-refractivity contribution in [1.29, 1.82) is 0 Å². The Morgan fingerprint density at radius 1 is 1.06 bits per heavy atom. The molecule has 8 nitrogen and oxygen atoms in total. The van der Waals surface area contributed by atoms with E-state index in [1.54, 1.807) is 24.3 Å². The number of halogens is 1. The molecule has 1 aliphatic heterocycles. The van der Waals surface area contributed by atoms with Gasteiger partial charge < -0.3 is 24.8 Å². The van der Waals surface area contributed by atoms with Gasteiger partial charge in [0.25, 0.3) is 11.8 Å². The van der Waals surface area contributed by atoms with Gasteiger partial charge in [0, 0.05) is 10.4 Å². The number of thiophene rings is 1. The highest BCUT2D eigenvalue weighted by Crippen LogP contribution is 2.32.